The number of nitrogens with zero attached hydrogens (tertiary/aromatic N) is 3. The van der Waals surface area contributed by atoms with Crippen molar-refractivity contribution in [2.75, 3.05) is 5.32 Å². The van der Waals surface area contributed by atoms with Crippen LogP contribution in [0.25, 0.3) is 0 Å². The van der Waals surface area contributed by atoms with E-state index in [0.29, 0.717) is 0 Å². The van der Waals surface area contributed by atoms with Crippen LogP contribution in [0.2, 0.25) is 0 Å². The highest BCUT2D eigenvalue weighted by Crippen LogP contribution is 2.19. The van der Waals surface area contributed by atoms with Crippen molar-refractivity contribution >= 4 is 23.0 Å². The van der Waals surface area contributed by atoms with Gasteiger partial charge in [0.2, 0.25) is 6.54 Å². The van der Waals surface area contributed by atoms with Gasteiger partial charge in [-0.3, -0.25) is 4.79 Å². The number of azo groups is 1. The molecular weight excluding hydrogens is 336 g/mol. The van der Waals surface area contributed by atoms with Gasteiger partial charge in [0.05, 0.1) is 11.4 Å². The summed E-state index contributed by atoms with van der Waals surface area (Å²) in [6.07, 6.45) is 6.06. The summed E-state index contributed by atoms with van der Waals surface area (Å²) in [5.74, 6) is -0.0677. The molecule has 2 aromatic carbocycles. The Bertz CT molecular complexity index is 888. The first-order valence-corrected chi connectivity index (χ1v) is 9.07. The molecule has 0 saturated heterocycles. The van der Waals surface area contributed by atoms with Crippen LogP contribution in [0.5, 0.6) is 0 Å². The third-order valence-corrected chi connectivity index (χ3v) is 4.01. The van der Waals surface area contributed by atoms with E-state index in [1.165, 1.54) is 5.56 Å². The number of hydrogen-bond acceptors (Lipinski definition) is 3. The fraction of sp³-hybridized carbons (Fsp3) is 0.182. The Morgan fingerprint density at radius 1 is 0.889 bits per heavy atom. The summed E-state index contributed by atoms with van der Waals surface area (Å²) in [6.45, 7) is 2.44. The predicted octanol–water partition coefficient (Wildman–Crippen LogP) is 4.98. The van der Waals surface area contributed by atoms with Gasteiger partial charge in [0.15, 0.2) is 12.4 Å². The number of anilines is 1. The van der Waals surface area contributed by atoms with Crippen molar-refractivity contribution in [2.45, 2.75) is 26.3 Å². The Labute approximate surface area is 159 Å². The lowest BCUT2D eigenvalue weighted by molar-refractivity contribution is -0.684. The Balaban J connectivity index is 1.54. The first-order valence-electron chi connectivity index (χ1n) is 9.07. The van der Waals surface area contributed by atoms with Gasteiger partial charge in [-0.2, -0.15) is 14.8 Å². The molecule has 0 fully saturated rings. The van der Waals surface area contributed by atoms with Gasteiger partial charge in [0.25, 0.3) is 5.91 Å². The van der Waals surface area contributed by atoms with E-state index in [1.54, 1.807) is 0 Å². The minimum absolute atomic E-state index is 0.0677. The van der Waals surface area contributed by atoms with E-state index >= 15 is 0 Å². The Kier molecular flexibility index (Phi) is 6.41. The zero-order chi connectivity index (χ0) is 18.9. The summed E-state index contributed by atoms with van der Waals surface area (Å²) in [5, 5.41) is 11.3. The molecule has 3 aromatic rings. The molecule has 0 bridgehead atoms. The summed E-state index contributed by atoms with van der Waals surface area (Å²) in [4.78, 5) is 12.2. The predicted molar refractivity (Wildman–Crippen MR) is 106 cm³/mol. The minimum Gasteiger partial charge on any atom is -0.321 e. The van der Waals surface area contributed by atoms with Gasteiger partial charge in [-0.25, -0.2) is 0 Å². The van der Waals surface area contributed by atoms with E-state index in [9.17, 15) is 4.79 Å². The summed E-state index contributed by atoms with van der Waals surface area (Å²) < 4.78 is 1.87. The molecule has 27 heavy (non-hydrogen) atoms. The second-order valence-corrected chi connectivity index (χ2v) is 6.26. The van der Waals surface area contributed by atoms with Gasteiger partial charge >= 0.3 is 0 Å². The molecule has 136 valence electrons. The lowest BCUT2D eigenvalue weighted by atomic mass is 10.2. The second-order valence-electron chi connectivity index (χ2n) is 6.26. The maximum absolute atomic E-state index is 12.2. The van der Waals surface area contributed by atoms with Crippen molar-refractivity contribution in [2.24, 2.45) is 10.2 Å². The number of carbonyl (C=O) groups excluding carboxylic acids is 1. The summed E-state index contributed by atoms with van der Waals surface area (Å²) in [6, 6.07) is 21.0. The smallest absolute Gasteiger partial charge is 0.290 e. The molecule has 5 nitrogen and oxygen atoms in total. The SMILES string of the molecule is CCCc1cc[n+](CC(=O)Nc2ccc(N=Nc3ccccc3)cc2)cc1. The van der Waals surface area contributed by atoms with Crippen LogP contribution in [0.15, 0.2) is 89.4 Å². The van der Waals surface area contributed by atoms with E-state index < -0.39 is 0 Å². The van der Waals surface area contributed by atoms with Crippen molar-refractivity contribution in [3.8, 4) is 0 Å². The lowest BCUT2D eigenvalue weighted by Crippen LogP contribution is -2.39. The number of rotatable bonds is 7. The Morgan fingerprint density at radius 2 is 1.52 bits per heavy atom. The number of aryl methyl sites for hydroxylation is 1. The molecule has 0 saturated carbocycles. The van der Waals surface area contributed by atoms with Crippen LogP contribution in [-0.4, -0.2) is 5.91 Å². The van der Waals surface area contributed by atoms with Crippen LogP contribution in [0.4, 0.5) is 17.1 Å². The Morgan fingerprint density at radius 3 is 2.15 bits per heavy atom. The summed E-state index contributed by atoms with van der Waals surface area (Å²) in [5.41, 5.74) is 3.56. The van der Waals surface area contributed by atoms with Gasteiger partial charge in [-0.15, -0.1) is 0 Å². The molecule has 0 aliphatic carbocycles. The van der Waals surface area contributed by atoms with E-state index in [4.69, 9.17) is 0 Å². The number of hydrogen-bond donors (Lipinski definition) is 1. The normalized spacial score (nSPS) is 10.9. The molecule has 0 spiro atoms. The van der Waals surface area contributed by atoms with Crippen LogP contribution in [0, 0.1) is 0 Å². The molecule has 0 radical (unpaired) electrons. The number of benzene rings is 2. The first-order chi connectivity index (χ1) is 13.2. The van der Waals surface area contributed by atoms with Gasteiger partial charge in [0, 0.05) is 17.8 Å². The molecule has 5 heteroatoms. The monoisotopic (exact) mass is 359 g/mol. The molecule has 1 N–H and O–H groups in total. The van der Waals surface area contributed by atoms with Crippen LogP contribution < -0.4 is 9.88 Å². The molecule has 0 aliphatic heterocycles. The molecule has 1 heterocycles. The van der Waals surface area contributed by atoms with Crippen molar-refractivity contribution < 1.29 is 9.36 Å². The number of nitrogens with one attached hydrogen (secondary N) is 1. The number of aromatic nitrogens is 1. The van der Waals surface area contributed by atoms with Gasteiger partial charge in [-0.05, 0) is 48.4 Å². The molecule has 1 aromatic heterocycles. The quantitative estimate of drug-likeness (QED) is 0.469. The van der Waals surface area contributed by atoms with Crippen LogP contribution in [0.1, 0.15) is 18.9 Å². The maximum atomic E-state index is 12.2. The maximum Gasteiger partial charge on any atom is 0.290 e. The average Bonchev–Trinajstić information content (AvgIpc) is 2.70. The van der Waals surface area contributed by atoms with Crippen molar-refractivity contribution in [1.29, 1.82) is 0 Å². The standard InChI is InChI=1S/C22H22N4O/c1-2-6-18-13-15-26(16-14-18)17-22(27)23-19-9-11-21(12-10-19)25-24-20-7-4-3-5-8-20/h3-5,7-16H,2,6,17H2,1H3/p+1. The van der Waals surface area contributed by atoms with E-state index in [0.717, 1.165) is 29.9 Å². The van der Waals surface area contributed by atoms with Crippen LogP contribution in [0.3, 0.4) is 0 Å². The van der Waals surface area contributed by atoms with Gasteiger partial charge in [0.1, 0.15) is 0 Å². The summed E-state index contributed by atoms with van der Waals surface area (Å²) in [7, 11) is 0. The fourth-order valence-electron chi connectivity index (χ4n) is 2.64. The van der Waals surface area contributed by atoms with Crippen molar-refractivity contribution in [3.63, 3.8) is 0 Å². The topological polar surface area (TPSA) is 57.7 Å². The highest BCUT2D eigenvalue weighted by Gasteiger charge is 2.09. The molecule has 0 atom stereocenters. The number of amides is 1. The van der Waals surface area contributed by atoms with Crippen molar-refractivity contribution in [1.82, 2.24) is 0 Å². The number of pyridine rings is 1. The third-order valence-electron chi connectivity index (χ3n) is 4.01. The first kappa shape index (κ1) is 18.5. The number of carbonyl (C=O) groups is 1. The average molecular weight is 359 g/mol. The van der Waals surface area contributed by atoms with E-state index in [-0.39, 0.29) is 12.5 Å². The van der Waals surface area contributed by atoms with E-state index in [2.05, 4.69) is 34.6 Å². The highest BCUT2D eigenvalue weighted by atomic mass is 16.1. The molecule has 0 aliphatic rings. The molecular formula is C22H23N4O+. The molecule has 0 unspecified atom stereocenters. The second kappa shape index (κ2) is 9.38. The van der Waals surface area contributed by atoms with Gasteiger partial charge in [-0.1, -0.05) is 31.5 Å². The zero-order valence-electron chi connectivity index (χ0n) is 15.4. The highest BCUT2D eigenvalue weighted by molar-refractivity contribution is 5.89. The largest absolute Gasteiger partial charge is 0.321 e. The third kappa shape index (κ3) is 5.85. The minimum atomic E-state index is -0.0677. The van der Waals surface area contributed by atoms with Crippen LogP contribution >= 0.6 is 0 Å². The zero-order valence-corrected chi connectivity index (χ0v) is 15.4. The Hall–Kier alpha value is -3.34. The fourth-order valence-corrected chi connectivity index (χ4v) is 2.64. The molecule has 1 amide bonds. The van der Waals surface area contributed by atoms with Crippen molar-refractivity contribution in [3.05, 3.63) is 84.7 Å². The lowest BCUT2D eigenvalue weighted by Gasteiger charge is -2.04. The molecule has 3 rings (SSSR count). The van der Waals surface area contributed by atoms with Gasteiger partial charge < -0.3 is 5.32 Å². The summed E-state index contributed by atoms with van der Waals surface area (Å²) >= 11 is 0. The van der Waals surface area contributed by atoms with Crippen LogP contribution in [-0.2, 0) is 17.8 Å². The van der Waals surface area contributed by atoms with E-state index in [1.807, 2.05) is 71.6 Å².